The fraction of sp³-hybridized carbons (Fsp3) is 1.00. The van der Waals surface area contributed by atoms with Crippen molar-refractivity contribution in [2.24, 2.45) is 5.92 Å². The molecule has 0 saturated carbocycles. The third kappa shape index (κ3) is 2.96. The fourth-order valence-electron chi connectivity index (χ4n) is 2.41. The molecule has 0 aromatic rings. The minimum Gasteiger partial charge on any atom is -0.312 e. The molecule has 0 aromatic heterocycles. The molecular weight excluding hydrogens is 160 g/mol. The molecule has 1 aliphatic rings. The van der Waals surface area contributed by atoms with Crippen molar-refractivity contribution in [1.82, 2.24) is 10.2 Å². The zero-order valence-corrected chi connectivity index (χ0v) is 9.51. The summed E-state index contributed by atoms with van der Waals surface area (Å²) in [4.78, 5) is 2.64. The van der Waals surface area contributed by atoms with Crippen LogP contribution in [0.5, 0.6) is 0 Å². The normalized spacial score (nSPS) is 27.9. The minimum absolute atomic E-state index is 0.668. The molecule has 78 valence electrons. The van der Waals surface area contributed by atoms with Gasteiger partial charge in [-0.2, -0.15) is 0 Å². The predicted octanol–water partition coefficient (Wildman–Crippen LogP) is 1.71. The lowest BCUT2D eigenvalue weighted by atomic mass is 9.98. The maximum absolute atomic E-state index is 3.49. The Morgan fingerprint density at radius 3 is 2.62 bits per heavy atom. The van der Waals surface area contributed by atoms with Crippen LogP contribution < -0.4 is 5.32 Å². The number of piperazine rings is 1. The summed E-state index contributed by atoms with van der Waals surface area (Å²) < 4.78 is 0. The van der Waals surface area contributed by atoms with Crippen molar-refractivity contribution in [3.05, 3.63) is 0 Å². The average molecular weight is 184 g/mol. The molecule has 1 N–H and O–H groups in total. The number of hydrogen-bond acceptors (Lipinski definition) is 2. The van der Waals surface area contributed by atoms with E-state index in [0.29, 0.717) is 6.04 Å². The van der Waals surface area contributed by atoms with Gasteiger partial charge < -0.3 is 5.32 Å². The molecule has 0 aromatic carbocycles. The zero-order valence-electron chi connectivity index (χ0n) is 9.51. The molecule has 1 aliphatic heterocycles. The molecule has 13 heavy (non-hydrogen) atoms. The quantitative estimate of drug-likeness (QED) is 0.718. The Hall–Kier alpha value is -0.0800. The first-order valence-electron chi connectivity index (χ1n) is 5.62. The van der Waals surface area contributed by atoms with Gasteiger partial charge in [0.25, 0.3) is 0 Å². The number of hydrogen-bond donors (Lipinski definition) is 1. The fourth-order valence-corrected chi connectivity index (χ4v) is 2.41. The molecule has 1 fully saturated rings. The third-order valence-electron chi connectivity index (χ3n) is 3.06. The van der Waals surface area contributed by atoms with Crippen molar-refractivity contribution in [3.8, 4) is 0 Å². The maximum Gasteiger partial charge on any atom is 0.0167 e. The van der Waals surface area contributed by atoms with Crippen LogP contribution in [0.15, 0.2) is 0 Å². The van der Waals surface area contributed by atoms with Gasteiger partial charge in [0, 0.05) is 31.7 Å². The van der Waals surface area contributed by atoms with Gasteiger partial charge >= 0.3 is 0 Å². The highest BCUT2D eigenvalue weighted by Gasteiger charge is 2.23. The van der Waals surface area contributed by atoms with E-state index in [1.165, 1.54) is 19.5 Å². The van der Waals surface area contributed by atoms with Crippen molar-refractivity contribution in [1.29, 1.82) is 0 Å². The van der Waals surface area contributed by atoms with Gasteiger partial charge in [-0.1, -0.05) is 20.8 Å². The first-order valence-corrected chi connectivity index (χ1v) is 5.62. The minimum atomic E-state index is 0.668. The van der Waals surface area contributed by atoms with Crippen LogP contribution in [0, 0.1) is 5.92 Å². The van der Waals surface area contributed by atoms with Crippen LogP contribution in [0.3, 0.4) is 0 Å². The lowest BCUT2D eigenvalue weighted by Crippen LogP contribution is -2.53. The first-order chi connectivity index (χ1) is 6.15. The Kier molecular flexibility index (Phi) is 4.20. The van der Waals surface area contributed by atoms with Crippen LogP contribution in [0.25, 0.3) is 0 Å². The van der Waals surface area contributed by atoms with Crippen LogP contribution in [-0.2, 0) is 0 Å². The van der Waals surface area contributed by atoms with E-state index in [0.717, 1.165) is 18.5 Å². The second-order valence-electron chi connectivity index (χ2n) is 4.57. The smallest absolute Gasteiger partial charge is 0.0167 e. The Morgan fingerprint density at radius 1 is 1.46 bits per heavy atom. The van der Waals surface area contributed by atoms with Gasteiger partial charge in [-0.25, -0.2) is 0 Å². The summed E-state index contributed by atoms with van der Waals surface area (Å²) in [5, 5.41) is 3.49. The summed E-state index contributed by atoms with van der Waals surface area (Å²) in [5.41, 5.74) is 0. The zero-order chi connectivity index (χ0) is 9.84. The van der Waals surface area contributed by atoms with E-state index in [-0.39, 0.29) is 0 Å². The molecular formula is C11H24N2. The highest BCUT2D eigenvalue weighted by atomic mass is 15.2. The number of nitrogens with one attached hydrogen (secondary N) is 1. The molecule has 0 amide bonds. The molecule has 1 saturated heterocycles. The monoisotopic (exact) mass is 184 g/mol. The van der Waals surface area contributed by atoms with Crippen LogP contribution >= 0.6 is 0 Å². The van der Waals surface area contributed by atoms with E-state index >= 15 is 0 Å². The van der Waals surface area contributed by atoms with Crippen LogP contribution in [0.1, 0.15) is 34.1 Å². The molecule has 0 radical (unpaired) electrons. The Bertz CT molecular complexity index is 145. The molecule has 2 atom stereocenters. The summed E-state index contributed by atoms with van der Waals surface area (Å²) in [6.45, 7) is 12.8. The molecule has 0 spiro atoms. The van der Waals surface area contributed by atoms with Crippen molar-refractivity contribution < 1.29 is 0 Å². The molecule has 2 heteroatoms. The van der Waals surface area contributed by atoms with Gasteiger partial charge in [-0.05, 0) is 19.3 Å². The van der Waals surface area contributed by atoms with Gasteiger partial charge in [0.15, 0.2) is 0 Å². The van der Waals surface area contributed by atoms with Crippen molar-refractivity contribution >= 4 is 0 Å². The largest absolute Gasteiger partial charge is 0.312 e. The number of rotatable bonds is 3. The third-order valence-corrected chi connectivity index (χ3v) is 3.06. The van der Waals surface area contributed by atoms with Gasteiger partial charge in [0.2, 0.25) is 0 Å². The molecule has 1 heterocycles. The van der Waals surface area contributed by atoms with Crippen molar-refractivity contribution in [3.63, 3.8) is 0 Å². The van der Waals surface area contributed by atoms with E-state index in [1.807, 2.05) is 0 Å². The topological polar surface area (TPSA) is 15.3 Å². The second-order valence-corrected chi connectivity index (χ2v) is 4.57. The maximum atomic E-state index is 3.49. The summed E-state index contributed by atoms with van der Waals surface area (Å²) in [7, 11) is 0. The lowest BCUT2D eigenvalue weighted by molar-refractivity contribution is 0.114. The predicted molar refractivity (Wildman–Crippen MR) is 58.0 cm³/mol. The highest BCUT2D eigenvalue weighted by molar-refractivity contribution is 4.81. The standard InChI is InChI=1S/C11H24N2/c1-5-11(9(2)3)13-7-6-12-10(4)8-13/h9-12H,5-8H2,1-4H3. The molecule has 0 bridgehead atoms. The average Bonchev–Trinajstić information content (AvgIpc) is 2.04. The Morgan fingerprint density at radius 2 is 2.15 bits per heavy atom. The highest BCUT2D eigenvalue weighted by Crippen LogP contribution is 2.15. The van der Waals surface area contributed by atoms with Gasteiger partial charge in [-0.15, -0.1) is 0 Å². The molecule has 0 aliphatic carbocycles. The van der Waals surface area contributed by atoms with E-state index in [9.17, 15) is 0 Å². The number of nitrogens with zero attached hydrogens (tertiary/aromatic N) is 1. The lowest BCUT2D eigenvalue weighted by Gasteiger charge is -2.39. The Labute approximate surface area is 82.7 Å². The van der Waals surface area contributed by atoms with Gasteiger partial charge in [0.05, 0.1) is 0 Å². The summed E-state index contributed by atoms with van der Waals surface area (Å²) in [5.74, 6) is 0.787. The molecule has 2 nitrogen and oxygen atoms in total. The second kappa shape index (κ2) is 4.97. The SMILES string of the molecule is CCC(C(C)C)N1CCNC(C)C1. The van der Waals surface area contributed by atoms with E-state index in [1.54, 1.807) is 0 Å². The van der Waals surface area contributed by atoms with Crippen molar-refractivity contribution in [2.75, 3.05) is 19.6 Å². The van der Waals surface area contributed by atoms with Gasteiger partial charge in [0.1, 0.15) is 0 Å². The van der Waals surface area contributed by atoms with Crippen LogP contribution in [0.4, 0.5) is 0 Å². The molecule has 1 rings (SSSR count). The van der Waals surface area contributed by atoms with E-state index in [2.05, 4.69) is 37.9 Å². The summed E-state index contributed by atoms with van der Waals surface area (Å²) >= 11 is 0. The Balaban J connectivity index is 2.47. The van der Waals surface area contributed by atoms with E-state index < -0.39 is 0 Å². The van der Waals surface area contributed by atoms with Gasteiger partial charge in [-0.3, -0.25) is 4.90 Å². The first kappa shape index (κ1) is 11.0. The molecule has 2 unspecified atom stereocenters. The van der Waals surface area contributed by atoms with Crippen LogP contribution in [0.2, 0.25) is 0 Å². The van der Waals surface area contributed by atoms with E-state index in [4.69, 9.17) is 0 Å². The summed E-state index contributed by atoms with van der Waals surface area (Å²) in [6, 6.07) is 1.45. The van der Waals surface area contributed by atoms with Crippen molar-refractivity contribution in [2.45, 2.75) is 46.2 Å². The van der Waals surface area contributed by atoms with Crippen LogP contribution in [-0.4, -0.2) is 36.6 Å². The summed E-state index contributed by atoms with van der Waals surface area (Å²) in [6.07, 6.45) is 1.28.